The molecule has 2 N–H and O–H groups in total. The molecule has 7 heteroatoms. The highest BCUT2D eigenvalue weighted by Crippen LogP contribution is 2.19. The normalized spacial score (nSPS) is 16.7. The summed E-state index contributed by atoms with van der Waals surface area (Å²) in [6.07, 6.45) is -0.606. The second-order valence-corrected chi connectivity index (χ2v) is 7.69. The van der Waals surface area contributed by atoms with E-state index in [-0.39, 0.29) is 5.91 Å². The molecule has 144 valence electrons. The lowest BCUT2D eigenvalue weighted by atomic mass is 10.2. The first-order chi connectivity index (χ1) is 12.1. The molecule has 1 aromatic carbocycles. The maximum Gasteiger partial charge on any atom is 0.408 e. The zero-order valence-electron chi connectivity index (χ0n) is 16.3. The molecule has 1 aromatic rings. The highest BCUT2D eigenvalue weighted by atomic mass is 16.6. The molecule has 1 heterocycles. The molecule has 1 saturated heterocycles. The van der Waals surface area contributed by atoms with Crippen LogP contribution >= 0.6 is 0 Å². The van der Waals surface area contributed by atoms with Crippen molar-refractivity contribution < 1.29 is 14.3 Å². The van der Waals surface area contributed by atoms with E-state index in [2.05, 4.69) is 27.5 Å². The maximum absolute atomic E-state index is 12.2. The Kier molecular flexibility index (Phi) is 6.47. The van der Waals surface area contributed by atoms with E-state index in [0.717, 1.165) is 31.9 Å². The van der Waals surface area contributed by atoms with Crippen LogP contribution < -0.4 is 15.5 Å². The lowest BCUT2D eigenvalue weighted by Crippen LogP contribution is -2.44. The number of nitrogens with zero attached hydrogens (tertiary/aromatic N) is 2. The second kappa shape index (κ2) is 8.40. The third-order valence-electron chi connectivity index (χ3n) is 4.13. The number of nitrogens with one attached hydrogen (secondary N) is 2. The summed E-state index contributed by atoms with van der Waals surface area (Å²) in [6.45, 7) is 11.0. The zero-order chi connectivity index (χ0) is 19.3. The average Bonchev–Trinajstić information content (AvgIpc) is 2.54. The molecule has 1 atom stereocenters. The first-order valence-electron chi connectivity index (χ1n) is 8.98. The molecular formula is C19H30N4O3. The van der Waals surface area contributed by atoms with Crippen LogP contribution in [0.25, 0.3) is 0 Å². The first-order valence-corrected chi connectivity index (χ1v) is 8.98. The summed E-state index contributed by atoms with van der Waals surface area (Å²) in [7, 11) is 2.13. The standard InChI is InChI=1S/C19H30N4O3/c1-14(20-18(25)26-19(2,3)4)17(24)21-15-6-8-16(9-7-15)23-12-10-22(5)11-13-23/h6-9,14H,10-13H2,1-5H3,(H,20,25)(H,21,24). The fourth-order valence-corrected chi connectivity index (χ4v) is 2.62. The Morgan fingerprint density at radius 3 is 2.19 bits per heavy atom. The summed E-state index contributed by atoms with van der Waals surface area (Å²) in [6, 6.07) is 7.08. The number of hydrogen-bond acceptors (Lipinski definition) is 5. The zero-order valence-corrected chi connectivity index (χ0v) is 16.3. The van der Waals surface area contributed by atoms with Crippen molar-refractivity contribution in [3.8, 4) is 0 Å². The van der Waals surface area contributed by atoms with Gasteiger partial charge in [-0.05, 0) is 59.0 Å². The summed E-state index contributed by atoms with van der Waals surface area (Å²) in [5, 5.41) is 5.35. The molecule has 0 aromatic heterocycles. The third-order valence-corrected chi connectivity index (χ3v) is 4.13. The van der Waals surface area contributed by atoms with Crippen molar-refractivity contribution in [3.63, 3.8) is 0 Å². The number of anilines is 2. The SMILES string of the molecule is CC(NC(=O)OC(C)(C)C)C(=O)Nc1ccc(N2CCN(C)CC2)cc1. The van der Waals surface area contributed by atoms with Crippen LogP contribution in [0.2, 0.25) is 0 Å². The van der Waals surface area contributed by atoms with Crippen LogP contribution in [0.5, 0.6) is 0 Å². The molecule has 2 amide bonds. The predicted octanol–water partition coefficient (Wildman–Crippen LogP) is 2.29. The van der Waals surface area contributed by atoms with Gasteiger partial charge in [-0.2, -0.15) is 0 Å². The van der Waals surface area contributed by atoms with Gasteiger partial charge in [-0.15, -0.1) is 0 Å². The van der Waals surface area contributed by atoms with Crippen molar-refractivity contribution in [2.45, 2.75) is 39.3 Å². The Bertz CT molecular complexity index is 617. The fourth-order valence-electron chi connectivity index (χ4n) is 2.62. The third kappa shape index (κ3) is 6.22. The predicted molar refractivity (Wildman–Crippen MR) is 104 cm³/mol. The molecule has 2 rings (SSSR count). The Balaban J connectivity index is 1.85. The van der Waals surface area contributed by atoms with E-state index in [9.17, 15) is 9.59 Å². The van der Waals surface area contributed by atoms with E-state index in [0.29, 0.717) is 5.69 Å². The van der Waals surface area contributed by atoms with E-state index in [1.165, 1.54) is 0 Å². The minimum Gasteiger partial charge on any atom is -0.444 e. The van der Waals surface area contributed by atoms with Crippen LogP contribution in [0.1, 0.15) is 27.7 Å². The number of amides is 2. The van der Waals surface area contributed by atoms with Gasteiger partial charge in [0.25, 0.3) is 0 Å². The van der Waals surface area contributed by atoms with Gasteiger partial charge in [0, 0.05) is 37.6 Å². The number of piperazine rings is 1. The highest BCUT2D eigenvalue weighted by molar-refractivity contribution is 5.96. The van der Waals surface area contributed by atoms with Gasteiger partial charge >= 0.3 is 6.09 Å². The van der Waals surface area contributed by atoms with Crippen LogP contribution in [0.15, 0.2) is 24.3 Å². The molecule has 0 bridgehead atoms. The minimum atomic E-state index is -0.692. The van der Waals surface area contributed by atoms with Crippen LogP contribution in [-0.4, -0.2) is 61.8 Å². The van der Waals surface area contributed by atoms with Gasteiger partial charge in [0.1, 0.15) is 11.6 Å². The minimum absolute atomic E-state index is 0.289. The lowest BCUT2D eigenvalue weighted by molar-refractivity contribution is -0.117. The van der Waals surface area contributed by atoms with E-state index < -0.39 is 17.7 Å². The smallest absolute Gasteiger partial charge is 0.408 e. The van der Waals surface area contributed by atoms with Crippen molar-refractivity contribution in [2.75, 3.05) is 43.4 Å². The number of hydrogen-bond donors (Lipinski definition) is 2. The maximum atomic E-state index is 12.2. The molecule has 26 heavy (non-hydrogen) atoms. The van der Waals surface area contributed by atoms with Gasteiger partial charge < -0.3 is 25.2 Å². The van der Waals surface area contributed by atoms with E-state index in [4.69, 9.17) is 4.74 Å². The summed E-state index contributed by atoms with van der Waals surface area (Å²) in [5.74, 6) is -0.289. The van der Waals surface area contributed by atoms with Crippen molar-refractivity contribution in [3.05, 3.63) is 24.3 Å². The molecule has 0 spiro atoms. The van der Waals surface area contributed by atoms with E-state index in [1.807, 2.05) is 24.3 Å². The summed E-state index contributed by atoms with van der Waals surface area (Å²) >= 11 is 0. The van der Waals surface area contributed by atoms with E-state index in [1.54, 1.807) is 27.7 Å². The van der Waals surface area contributed by atoms with Gasteiger partial charge in [0.15, 0.2) is 0 Å². The molecule has 1 unspecified atom stereocenters. The summed E-state index contributed by atoms with van der Waals surface area (Å²) in [4.78, 5) is 28.6. The van der Waals surface area contributed by atoms with Gasteiger partial charge in [-0.3, -0.25) is 4.79 Å². The first kappa shape index (κ1) is 20.0. The Hall–Kier alpha value is -2.28. The molecule has 7 nitrogen and oxygen atoms in total. The van der Waals surface area contributed by atoms with Crippen LogP contribution in [0.3, 0.4) is 0 Å². The molecule has 1 aliphatic rings. The molecule has 0 radical (unpaired) electrons. The Labute approximate surface area is 155 Å². The van der Waals surface area contributed by atoms with Crippen LogP contribution in [0, 0.1) is 0 Å². The van der Waals surface area contributed by atoms with Crippen molar-refractivity contribution in [2.24, 2.45) is 0 Å². The summed E-state index contributed by atoms with van der Waals surface area (Å²) < 4.78 is 5.16. The van der Waals surface area contributed by atoms with E-state index >= 15 is 0 Å². The number of carbonyl (C=O) groups is 2. The monoisotopic (exact) mass is 362 g/mol. The second-order valence-electron chi connectivity index (χ2n) is 7.69. The number of rotatable bonds is 4. The highest BCUT2D eigenvalue weighted by Gasteiger charge is 2.21. The lowest BCUT2D eigenvalue weighted by Gasteiger charge is -2.34. The Morgan fingerprint density at radius 2 is 1.65 bits per heavy atom. The van der Waals surface area contributed by atoms with Gasteiger partial charge in [-0.25, -0.2) is 4.79 Å². The molecule has 1 fully saturated rings. The molecule has 0 aliphatic carbocycles. The Morgan fingerprint density at radius 1 is 1.08 bits per heavy atom. The van der Waals surface area contributed by atoms with Gasteiger partial charge in [0.2, 0.25) is 5.91 Å². The topological polar surface area (TPSA) is 73.9 Å². The molecular weight excluding hydrogens is 332 g/mol. The average molecular weight is 362 g/mol. The number of benzene rings is 1. The fraction of sp³-hybridized carbons (Fsp3) is 0.579. The van der Waals surface area contributed by atoms with Gasteiger partial charge in [0.05, 0.1) is 0 Å². The van der Waals surface area contributed by atoms with Crippen molar-refractivity contribution in [1.29, 1.82) is 0 Å². The van der Waals surface area contributed by atoms with Gasteiger partial charge in [-0.1, -0.05) is 0 Å². The largest absolute Gasteiger partial charge is 0.444 e. The quantitative estimate of drug-likeness (QED) is 0.860. The summed E-state index contributed by atoms with van der Waals surface area (Å²) in [5.41, 5.74) is 1.25. The number of ether oxygens (including phenoxy) is 1. The molecule has 0 saturated carbocycles. The molecule has 1 aliphatic heterocycles. The van der Waals surface area contributed by atoms with Crippen LogP contribution in [0.4, 0.5) is 16.2 Å². The number of carbonyl (C=O) groups excluding carboxylic acids is 2. The number of likely N-dealkylation sites (N-methyl/N-ethyl adjacent to an activating group) is 1. The van der Waals surface area contributed by atoms with Crippen molar-refractivity contribution >= 4 is 23.4 Å². The van der Waals surface area contributed by atoms with Crippen LogP contribution in [-0.2, 0) is 9.53 Å². The number of alkyl carbamates (subject to hydrolysis) is 1. The van der Waals surface area contributed by atoms with Crippen molar-refractivity contribution in [1.82, 2.24) is 10.2 Å².